The van der Waals surface area contributed by atoms with Crippen LogP contribution < -0.4 is 0 Å². The summed E-state index contributed by atoms with van der Waals surface area (Å²) in [5.41, 5.74) is 15.2. The van der Waals surface area contributed by atoms with Crippen LogP contribution in [-0.2, 0) is 0 Å². The van der Waals surface area contributed by atoms with Gasteiger partial charge in [-0.3, -0.25) is 0 Å². The van der Waals surface area contributed by atoms with Crippen LogP contribution in [0, 0.1) is 36.2 Å². The van der Waals surface area contributed by atoms with Gasteiger partial charge in [0.1, 0.15) is 0 Å². The Morgan fingerprint density at radius 1 is 0.456 bits per heavy atom. The van der Waals surface area contributed by atoms with E-state index in [2.05, 4.69) is 148 Å². The molecule has 57 heavy (non-hydrogen) atoms. The van der Waals surface area contributed by atoms with Gasteiger partial charge in [-0.1, -0.05) is 109 Å². The van der Waals surface area contributed by atoms with E-state index < -0.39 is 0 Å². The van der Waals surface area contributed by atoms with Crippen molar-refractivity contribution in [1.82, 2.24) is 9.13 Å². The fourth-order valence-corrected chi connectivity index (χ4v) is 8.53. The molecule has 5 heteroatoms. The predicted octanol–water partition coefficient (Wildman–Crippen LogP) is 13.5. The lowest BCUT2D eigenvalue weighted by Crippen LogP contribution is -2.06. The van der Waals surface area contributed by atoms with Crippen molar-refractivity contribution in [3.05, 3.63) is 198 Å². The molecule has 2 heterocycles. The quantitative estimate of drug-likeness (QED) is 0.166. The SMILES string of the molecule is [C-]#[N+]c1cccc(-c2ccc3c4ccccc4n(-c4c(-c5cccc(C#N)c5)ccc(-n5c6ccccc6c6ccc(-c7cccc(C#N)c7)cc65)c4C)c3c2)c1. The third kappa shape index (κ3) is 5.37. The van der Waals surface area contributed by atoms with E-state index in [9.17, 15) is 10.5 Å². The van der Waals surface area contributed by atoms with Crippen LogP contribution in [0.1, 0.15) is 16.7 Å². The average molecular weight is 726 g/mol. The van der Waals surface area contributed by atoms with E-state index in [0.29, 0.717) is 16.8 Å². The summed E-state index contributed by atoms with van der Waals surface area (Å²) in [5.74, 6) is 0. The minimum absolute atomic E-state index is 0.597. The molecule has 0 bridgehead atoms. The minimum Gasteiger partial charge on any atom is -0.309 e. The number of hydrogen-bond donors (Lipinski definition) is 0. The van der Waals surface area contributed by atoms with Crippen LogP contribution in [0.5, 0.6) is 0 Å². The van der Waals surface area contributed by atoms with Gasteiger partial charge in [-0.25, -0.2) is 4.85 Å². The Morgan fingerprint density at radius 2 is 0.965 bits per heavy atom. The van der Waals surface area contributed by atoms with Gasteiger partial charge in [0.2, 0.25) is 0 Å². The highest BCUT2D eigenvalue weighted by Gasteiger charge is 2.23. The fourth-order valence-electron chi connectivity index (χ4n) is 8.53. The second kappa shape index (κ2) is 13.3. The van der Waals surface area contributed by atoms with Crippen molar-refractivity contribution in [2.24, 2.45) is 0 Å². The summed E-state index contributed by atoms with van der Waals surface area (Å²) < 4.78 is 4.75. The molecule has 8 aromatic carbocycles. The number of fused-ring (bicyclic) bond motifs is 6. The lowest BCUT2D eigenvalue weighted by Gasteiger charge is -2.21. The van der Waals surface area contributed by atoms with E-state index in [1.807, 2.05) is 54.6 Å². The van der Waals surface area contributed by atoms with E-state index in [1.54, 1.807) is 0 Å². The van der Waals surface area contributed by atoms with Crippen molar-refractivity contribution >= 4 is 49.3 Å². The molecule has 0 atom stereocenters. The summed E-state index contributed by atoms with van der Waals surface area (Å²) in [4.78, 5) is 3.70. The van der Waals surface area contributed by atoms with Crippen LogP contribution in [0.15, 0.2) is 170 Å². The Labute approximate surface area is 329 Å². The molecule has 0 radical (unpaired) electrons. The van der Waals surface area contributed by atoms with Gasteiger partial charge in [0.15, 0.2) is 5.69 Å². The second-order valence-electron chi connectivity index (χ2n) is 14.3. The molecule has 10 aromatic rings. The van der Waals surface area contributed by atoms with Crippen molar-refractivity contribution in [2.75, 3.05) is 0 Å². The maximum absolute atomic E-state index is 9.99. The molecular formula is C52H31N5. The van der Waals surface area contributed by atoms with Crippen LogP contribution in [0.3, 0.4) is 0 Å². The summed E-state index contributed by atoms with van der Waals surface area (Å²) in [5, 5.41) is 24.2. The van der Waals surface area contributed by atoms with Gasteiger partial charge in [0.25, 0.3) is 0 Å². The van der Waals surface area contributed by atoms with Crippen molar-refractivity contribution < 1.29 is 0 Å². The van der Waals surface area contributed by atoms with Gasteiger partial charge in [-0.05, 0) is 101 Å². The molecule has 0 fully saturated rings. The Morgan fingerprint density at radius 3 is 1.60 bits per heavy atom. The zero-order chi connectivity index (χ0) is 38.6. The van der Waals surface area contributed by atoms with Gasteiger partial charge in [-0.15, -0.1) is 0 Å². The third-order valence-corrected chi connectivity index (χ3v) is 11.2. The van der Waals surface area contributed by atoms with Crippen LogP contribution in [0.25, 0.3) is 93.2 Å². The van der Waals surface area contributed by atoms with Gasteiger partial charge >= 0.3 is 0 Å². The molecule has 0 saturated carbocycles. The van der Waals surface area contributed by atoms with Gasteiger partial charge in [0.05, 0.1) is 63.3 Å². The number of rotatable bonds is 5. The molecule has 0 aliphatic carbocycles. The zero-order valence-electron chi connectivity index (χ0n) is 30.9. The summed E-state index contributed by atoms with van der Waals surface area (Å²) in [6.07, 6.45) is 0. The average Bonchev–Trinajstić information content (AvgIpc) is 3.78. The first-order valence-corrected chi connectivity index (χ1v) is 18.7. The van der Waals surface area contributed by atoms with E-state index in [4.69, 9.17) is 6.57 Å². The second-order valence-corrected chi connectivity index (χ2v) is 14.3. The molecule has 0 N–H and O–H groups in total. The molecule has 10 rings (SSSR count). The van der Waals surface area contributed by atoms with Gasteiger partial charge in [0, 0.05) is 27.1 Å². The molecule has 2 aromatic heterocycles. The number of nitriles is 2. The van der Waals surface area contributed by atoms with E-state index in [-0.39, 0.29) is 0 Å². The summed E-state index contributed by atoms with van der Waals surface area (Å²) in [6, 6.07) is 62.6. The molecule has 0 aliphatic heterocycles. The first-order chi connectivity index (χ1) is 28.0. The van der Waals surface area contributed by atoms with Crippen LogP contribution in [-0.4, -0.2) is 9.13 Å². The maximum atomic E-state index is 9.99. The Bertz CT molecular complexity index is 3410. The molecule has 0 aliphatic rings. The molecule has 264 valence electrons. The predicted molar refractivity (Wildman–Crippen MR) is 232 cm³/mol. The number of nitrogens with zero attached hydrogens (tertiary/aromatic N) is 5. The molecular weight excluding hydrogens is 695 g/mol. The molecule has 0 saturated heterocycles. The lowest BCUT2D eigenvalue weighted by molar-refractivity contribution is 1.10. The van der Waals surface area contributed by atoms with Crippen molar-refractivity contribution in [3.63, 3.8) is 0 Å². The first kappa shape index (κ1) is 33.4. The number of para-hydroxylation sites is 2. The number of aromatic nitrogens is 2. The highest BCUT2D eigenvalue weighted by atomic mass is 15.0. The number of hydrogen-bond acceptors (Lipinski definition) is 2. The topological polar surface area (TPSA) is 61.8 Å². The Balaban J connectivity index is 1.31. The maximum Gasteiger partial charge on any atom is 0.187 e. The monoisotopic (exact) mass is 725 g/mol. The van der Waals surface area contributed by atoms with Gasteiger partial charge < -0.3 is 9.13 Å². The molecule has 5 nitrogen and oxygen atoms in total. The van der Waals surface area contributed by atoms with Crippen molar-refractivity contribution in [2.45, 2.75) is 6.92 Å². The molecule has 0 unspecified atom stereocenters. The number of benzene rings is 8. The molecule has 0 spiro atoms. The summed E-state index contributed by atoms with van der Waals surface area (Å²) in [6.45, 7) is 9.85. The van der Waals surface area contributed by atoms with E-state index in [0.717, 1.165) is 93.9 Å². The smallest absolute Gasteiger partial charge is 0.187 e. The van der Waals surface area contributed by atoms with E-state index in [1.165, 1.54) is 0 Å². The first-order valence-electron chi connectivity index (χ1n) is 18.7. The van der Waals surface area contributed by atoms with Crippen LogP contribution in [0.4, 0.5) is 5.69 Å². The Hall–Kier alpha value is -8.17. The fraction of sp³-hybridized carbons (Fsp3) is 0.0192. The van der Waals surface area contributed by atoms with Crippen LogP contribution >= 0.6 is 0 Å². The largest absolute Gasteiger partial charge is 0.309 e. The summed E-state index contributed by atoms with van der Waals surface area (Å²) in [7, 11) is 0. The zero-order valence-corrected chi connectivity index (χ0v) is 30.9. The molecule has 0 amide bonds. The van der Waals surface area contributed by atoms with Crippen LogP contribution in [0.2, 0.25) is 0 Å². The highest BCUT2D eigenvalue weighted by molar-refractivity contribution is 6.12. The third-order valence-electron chi connectivity index (χ3n) is 11.2. The minimum atomic E-state index is 0.597. The lowest BCUT2D eigenvalue weighted by atomic mass is 9.97. The highest BCUT2D eigenvalue weighted by Crippen LogP contribution is 2.43. The standard InChI is InChI=1S/C52H31N5/c1-33-47(56-48-18-5-3-16-43(48)45-22-20-38(29-50(45)56)36-12-7-10-34(26-36)31-53)25-24-42(40-14-8-11-35(27-40)32-54)52(33)57-49-19-6-4-17-44(49)46-23-21-39(30-51(46)57)37-13-9-15-41(28-37)55-2/h3-30H,1H3. The van der Waals surface area contributed by atoms with Crippen molar-refractivity contribution in [3.8, 4) is 56.9 Å². The van der Waals surface area contributed by atoms with Gasteiger partial charge in [-0.2, -0.15) is 10.5 Å². The Kier molecular flexibility index (Phi) is 7.79. The summed E-state index contributed by atoms with van der Waals surface area (Å²) >= 11 is 0. The van der Waals surface area contributed by atoms with Crippen molar-refractivity contribution in [1.29, 1.82) is 10.5 Å². The van der Waals surface area contributed by atoms with E-state index >= 15 is 0 Å². The normalized spacial score (nSPS) is 11.2.